The zero-order valence-corrected chi connectivity index (χ0v) is 16.9. The Morgan fingerprint density at radius 2 is 1.62 bits per heavy atom. The maximum Gasteiger partial charge on any atom is 0.316 e. The molecular weight excluding hydrogens is 338 g/mol. The van der Waals surface area contributed by atoms with Gasteiger partial charge in [0.05, 0.1) is 6.10 Å². The molecule has 0 aromatic rings. The van der Waals surface area contributed by atoms with Crippen LogP contribution in [0.5, 0.6) is 0 Å². The van der Waals surface area contributed by atoms with Gasteiger partial charge in [-0.3, -0.25) is 9.59 Å². The maximum atomic E-state index is 11.7. The SMILES string of the molecule is CCCCCCCC(=O)O[C@H](O)O[C@@H](CC)COC(=O)CCCN(C)C. The Morgan fingerprint density at radius 3 is 2.23 bits per heavy atom. The summed E-state index contributed by atoms with van der Waals surface area (Å²) >= 11 is 0. The van der Waals surface area contributed by atoms with Crippen LogP contribution in [0.25, 0.3) is 0 Å². The number of carbonyl (C=O) groups is 2. The number of ether oxygens (including phenoxy) is 3. The van der Waals surface area contributed by atoms with Crippen molar-refractivity contribution in [3.63, 3.8) is 0 Å². The fourth-order valence-corrected chi connectivity index (χ4v) is 2.29. The van der Waals surface area contributed by atoms with E-state index in [9.17, 15) is 14.7 Å². The normalized spacial score (nSPS) is 13.5. The first-order valence-corrected chi connectivity index (χ1v) is 9.72. The van der Waals surface area contributed by atoms with E-state index in [1.165, 1.54) is 0 Å². The standard InChI is InChI=1S/C19H37NO6/c1-5-7-8-9-10-12-18(22)26-19(23)25-16(6-2)15-24-17(21)13-11-14-20(3)4/h16,19,23H,5-15H2,1-4H3/t16-,19+/m0/s1. The molecule has 0 amide bonds. The smallest absolute Gasteiger partial charge is 0.316 e. The Hall–Kier alpha value is -1.18. The van der Waals surface area contributed by atoms with E-state index < -0.39 is 18.5 Å². The number of nitrogens with zero attached hydrogens (tertiary/aromatic N) is 1. The number of unbranched alkanes of at least 4 members (excludes halogenated alkanes) is 4. The van der Waals surface area contributed by atoms with Gasteiger partial charge in [0.2, 0.25) is 0 Å². The largest absolute Gasteiger partial charge is 0.463 e. The summed E-state index contributed by atoms with van der Waals surface area (Å²) in [5, 5.41) is 9.72. The Balaban J connectivity index is 3.91. The van der Waals surface area contributed by atoms with Crippen molar-refractivity contribution < 1.29 is 28.9 Å². The summed E-state index contributed by atoms with van der Waals surface area (Å²) in [5.74, 6) is -0.781. The number of aliphatic hydroxyl groups is 1. The van der Waals surface area contributed by atoms with Gasteiger partial charge in [0.25, 0.3) is 0 Å². The second-order valence-electron chi connectivity index (χ2n) is 6.72. The van der Waals surface area contributed by atoms with E-state index in [2.05, 4.69) is 6.92 Å². The van der Waals surface area contributed by atoms with Gasteiger partial charge < -0.3 is 24.2 Å². The van der Waals surface area contributed by atoms with Crippen LogP contribution in [0.4, 0.5) is 0 Å². The van der Waals surface area contributed by atoms with Crippen molar-refractivity contribution in [3.8, 4) is 0 Å². The predicted octanol–water partition coefficient (Wildman–Crippen LogP) is 2.85. The van der Waals surface area contributed by atoms with Crippen molar-refractivity contribution in [2.45, 2.75) is 84.2 Å². The van der Waals surface area contributed by atoms with Gasteiger partial charge in [0.1, 0.15) is 6.61 Å². The number of carbonyl (C=O) groups excluding carboxylic acids is 2. The lowest BCUT2D eigenvalue weighted by Gasteiger charge is -2.20. The molecule has 0 rings (SSSR count). The van der Waals surface area contributed by atoms with Crippen molar-refractivity contribution in [1.82, 2.24) is 4.90 Å². The van der Waals surface area contributed by atoms with E-state index in [0.29, 0.717) is 12.8 Å². The molecule has 26 heavy (non-hydrogen) atoms. The highest BCUT2D eigenvalue weighted by atomic mass is 16.8. The molecule has 0 aliphatic heterocycles. The third kappa shape index (κ3) is 15.1. The molecule has 0 radical (unpaired) electrons. The number of hydrogen-bond acceptors (Lipinski definition) is 7. The molecule has 0 aromatic carbocycles. The lowest BCUT2D eigenvalue weighted by molar-refractivity contribution is -0.274. The summed E-state index contributed by atoms with van der Waals surface area (Å²) in [7, 11) is 3.89. The van der Waals surface area contributed by atoms with Gasteiger partial charge in [-0.25, -0.2) is 0 Å². The first-order valence-electron chi connectivity index (χ1n) is 9.72. The Kier molecular flexibility index (Phi) is 15.3. The fraction of sp³-hybridized carbons (Fsp3) is 0.895. The van der Waals surface area contributed by atoms with Crippen molar-refractivity contribution >= 4 is 11.9 Å². The molecule has 0 heterocycles. The summed E-state index contributed by atoms with van der Waals surface area (Å²) < 4.78 is 15.2. The highest BCUT2D eigenvalue weighted by Crippen LogP contribution is 2.09. The second kappa shape index (κ2) is 16.0. The van der Waals surface area contributed by atoms with E-state index in [-0.39, 0.29) is 19.0 Å². The van der Waals surface area contributed by atoms with Gasteiger partial charge >= 0.3 is 18.4 Å². The van der Waals surface area contributed by atoms with Crippen LogP contribution in [0.3, 0.4) is 0 Å². The zero-order valence-electron chi connectivity index (χ0n) is 16.9. The van der Waals surface area contributed by atoms with E-state index in [1.807, 2.05) is 25.9 Å². The first-order chi connectivity index (χ1) is 12.4. The van der Waals surface area contributed by atoms with E-state index in [1.54, 1.807) is 0 Å². The molecule has 0 saturated carbocycles. The zero-order chi connectivity index (χ0) is 19.8. The average molecular weight is 376 g/mol. The molecule has 0 saturated heterocycles. The molecule has 0 spiro atoms. The molecule has 0 aliphatic rings. The number of aliphatic hydroxyl groups excluding tert-OH is 1. The van der Waals surface area contributed by atoms with Crippen LogP contribution in [-0.2, 0) is 23.8 Å². The highest BCUT2D eigenvalue weighted by Gasteiger charge is 2.18. The lowest BCUT2D eigenvalue weighted by Crippen LogP contribution is -2.30. The van der Waals surface area contributed by atoms with Gasteiger partial charge in [-0.05, 0) is 39.9 Å². The van der Waals surface area contributed by atoms with Crippen LogP contribution in [0, 0.1) is 0 Å². The van der Waals surface area contributed by atoms with Crippen LogP contribution >= 0.6 is 0 Å². The van der Waals surface area contributed by atoms with Crippen LogP contribution in [0.15, 0.2) is 0 Å². The molecule has 0 aliphatic carbocycles. The number of hydrogen-bond donors (Lipinski definition) is 1. The summed E-state index contributed by atoms with van der Waals surface area (Å²) in [6, 6.07) is 0. The summed E-state index contributed by atoms with van der Waals surface area (Å²) in [5.41, 5.74) is 0. The third-order valence-electron chi connectivity index (χ3n) is 3.90. The molecule has 154 valence electrons. The lowest BCUT2D eigenvalue weighted by atomic mass is 10.1. The van der Waals surface area contributed by atoms with Crippen molar-refractivity contribution in [2.24, 2.45) is 0 Å². The van der Waals surface area contributed by atoms with Gasteiger partial charge in [-0.1, -0.05) is 39.5 Å². The molecule has 7 heteroatoms. The van der Waals surface area contributed by atoms with Gasteiger partial charge in [-0.15, -0.1) is 0 Å². The number of esters is 2. The minimum absolute atomic E-state index is 0.0307. The number of rotatable bonds is 16. The molecule has 0 aromatic heterocycles. The monoisotopic (exact) mass is 375 g/mol. The molecular formula is C19H37NO6. The first kappa shape index (κ1) is 24.8. The molecule has 0 bridgehead atoms. The summed E-state index contributed by atoms with van der Waals surface area (Å²) in [6.45, 7) is 3.19. The quantitative estimate of drug-likeness (QED) is 0.252. The fourth-order valence-electron chi connectivity index (χ4n) is 2.29. The van der Waals surface area contributed by atoms with Gasteiger partial charge in [-0.2, -0.15) is 0 Å². The van der Waals surface area contributed by atoms with E-state index in [4.69, 9.17) is 14.2 Å². The topological polar surface area (TPSA) is 85.3 Å². The minimum atomic E-state index is -1.63. The van der Waals surface area contributed by atoms with Crippen LogP contribution < -0.4 is 0 Å². The Morgan fingerprint density at radius 1 is 0.962 bits per heavy atom. The molecule has 2 atom stereocenters. The maximum absolute atomic E-state index is 11.7. The van der Waals surface area contributed by atoms with Crippen molar-refractivity contribution in [1.29, 1.82) is 0 Å². The van der Waals surface area contributed by atoms with Gasteiger partial charge in [0, 0.05) is 12.8 Å². The van der Waals surface area contributed by atoms with E-state index in [0.717, 1.165) is 45.1 Å². The van der Waals surface area contributed by atoms with E-state index >= 15 is 0 Å². The minimum Gasteiger partial charge on any atom is -0.463 e. The van der Waals surface area contributed by atoms with Crippen LogP contribution in [0.2, 0.25) is 0 Å². The third-order valence-corrected chi connectivity index (χ3v) is 3.90. The Bertz CT molecular complexity index is 375. The summed E-state index contributed by atoms with van der Waals surface area (Å²) in [6.07, 6.45) is 6.46. The molecule has 0 unspecified atom stereocenters. The van der Waals surface area contributed by atoms with Crippen LogP contribution in [0.1, 0.15) is 71.6 Å². The van der Waals surface area contributed by atoms with Crippen molar-refractivity contribution in [2.75, 3.05) is 27.2 Å². The summed E-state index contributed by atoms with van der Waals surface area (Å²) in [4.78, 5) is 25.3. The molecule has 1 N–H and O–H groups in total. The predicted molar refractivity (Wildman–Crippen MR) is 99.4 cm³/mol. The molecule has 0 fully saturated rings. The molecule has 7 nitrogen and oxygen atoms in total. The Labute approximate surface area is 158 Å². The van der Waals surface area contributed by atoms with Crippen molar-refractivity contribution in [3.05, 3.63) is 0 Å². The van der Waals surface area contributed by atoms with Crippen LogP contribution in [-0.4, -0.2) is 61.8 Å². The highest BCUT2D eigenvalue weighted by molar-refractivity contribution is 5.69. The second-order valence-corrected chi connectivity index (χ2v) is 6.72. The van der Waals surface area contributed by atoms with Gasteiger partial charge in [0.15, 0.2) is 0 Å². The average Bonchev–Trinajstić information content (AvgIpc) is 2.57.